The Hall–Kier alpha value is 0.610. The second kappa shape index (κ2) is 5.36. The maximum Gasteiger partial charge on any atom is 0.121 e. The van der Waals surface area contributed by atoms with E-state index >= 15 is 0 Å². The highest BCUT2D eigenvalue weighted by Gasteiger charge is 2.22. The molecule has 0 amide bonds. The third kappa shape index (κ3) is 3.16. The number of ether oxygens (including phenoxy) is 1. The minimum absolute atomic E-state index is 0.239. The Kier molecular flexibility index (Phi) is 4.78. The molecule has 0 aromatic carbocycles. The molecule has 0 bridgehead atoms. The van der Waals surface area contributed by atoms with Crippen LogP contribution in [0.25, 0.3) is 0 Å². The van der Waals surface area contributed by atoms with Crippen LogP contribution >= 0.6 is 22.6 Å². The van der Waals surface area contributed by atoms with Crippen molar-refractivity contribution in [2.24, 2.45) is 0 Å². The normalized spacial score (nSPS) is 28.8. The Labute approximate surface area is 87.2 Å². The summed E-state index contributed by atoms with van der Waals surface area (Å²) in [4.78, 5) is 2.09. The quantitative estimate of drug-likeness (QED) is 0.624. The van der Waals surface area contributed by atoms with E-state index in [4.69, 9.17) is 4.74 Å². The fourth-order valence-electron chi connectivity index (χ4n) is 1.34. The van der Waals surface area contributed by atoms with E-state index < -0.39 is 0 Å². The van der Waals surface area contributed by atoms with E-state index in [1.165, 1.54) is 0 Å². The number of hydrogen-bond acceptors (Lipinski definition) is 3. The third-order valence-corrected chi connectivity index (χ3v) is 2.78. The molecule has 12 heavy (non-hydrogen) atoms. The average molecular weight is 285 g/mol. The molecule has 1 fully saturated rings. The van der Waals surface area contributed by atoms with Crippen LogP contribution in [0.5, 0.6) is 0 Å². The number of aliphatic hydroxyl groups excluding tert-OH is 1. The van der Waals surface area contributed by atoms with Crippen LogP contribution in [0.15, 0.2) is 0 Å². The zero-order valence-corrected chi connectivity index (χ0v) is 9.53. The fourth-order valence-corrected chi connectivity index (χ4v) is 2.10. The van der Waals surface area contributed by atoms with E-state index in [-0.39, 0.29) is 10.3 Å². The molecule has 3 nitrogen and oxygen atoms in total. The van der Waals surface area contributed by atoms with Crippen LogP contribution in [-0.2, 0) is 4.74 Å². The van der Waals surface area contributed by atoms with Gasteiger partial charge in [-0.2, -0.15) is 0 Å². The van der Waals surface area contributed by atoms with Crippen LogP contribution in [0.4, 0.5) is 0 Å². The van der Waals surface area contributed by atoms with Gasteiger partial charge < -0.3 is 9.84 Å². The molecule has 0 aromatic heterocycles. The lowest BCUT2D eigenvalue weighted by atomic mass is 10.2. The first-order valence-corrected chi connectivity index (χ1v) is 5.66. The summed E-state index contributed by atoms with van der Waals surface area (Å²) in [7, 11) is 0. The highest BCUT2D eigenvalue weighted by Crippen LogP contribution is 2.14. The highest BCUT2D eigenvalue weighted by molar-refractivity contribution is 14.1. The molecule has 1 heterocycles. The molecule has 1 rings (SSSR count). The number of halogens is 1. The summed E-state index contributed by atoms with van der Waals surface area (Å²) < 4.78 is 5.61. The molecule has 1 N–H and O–H groups in total. The van der Waals surface area contributed by atoms with Crippen LogP contribution in [0.2, 0.25) is 0 Å². The minimum Gasteiger partial charge on any atom is -0.378 e. The Balaban J connectivity index is 2.29. The Morgan fingerprint density at radius 2 is 2.50 bits per heavy atom. The molecule has 0 spiro atoms. The first-order chi connectivity index (χ1) is 5.74. The molecule has 4 heteroatoms. The van der Waals surface area contributed by atoms with Crippen molar-refractivity contribution in [1.29, 1.82) is 0 Å². The summed E-state index contributed by atoms with van der Waals surface area (Å²) in [5, 5.41) is 9.66. The topological polar surface area (TPSA) is 32.7 Å². The van der Waals surface area contributed by atoms with Gasteiger partial charge in [0.05, 0.1) is 6.61 Å². The summed E-state index contributed by atoms with van der Waals surface area (Å²) in [6.07, 6.45) is 1.63. The van der Waals surface area contributed by atoms with Gasteiger partial charge in [0.15, 0.2) is 0 Å². The van der Waals surface area contributed by atoms with Crippen molar-refractivity contribution in [3.8, 4) is 0 Å². The predicted octanol–water partition coefficient (Wildman–Crippen LogP) is 1.20. The van der Waals surface area contributed by atoms with E-state index in [9.17, 15) is 5.11 Å². The summed E-state index contributed by atoms with van der Waals surface area (Å²) in [6, 6.07) is 0. The van der Waals surface area contributed by atoms with Crippen LogP contribution in [0.3, 0.4) is 0 Å². The predicted molar refractivity (Wildman–Crippen MR) is 56.2 cm³/mol. The monoisotopic (exact) mass is 285 g/mol. The van der Waals surface area contributed by atoms with Gasteiger partial charge in [0.1, 0.15) is 10.3 Å². The van der Waals surface area contributed by atoms with Crippen molar-refractivity contribution in [2.45, 2.75) is 30.1 Å². The molecule has 2 unspecified atom stereocenters. The SMILES string of the molecule is CCCC(O)N1CCOC(I)C1. The lowest BCUT2D eigenvalue weighted by Gasteiger charge is -2.33. The lowest BCUT2D eigenvalue weighted by molar-refractivity contribution is -0.0669. The highest BCUT2D eigenvalue weighted by atomic mass is 127. The number of rotatable bonds is 3. The largest absolute Gasteiger partial charge is 0.378 e. The van der Waals surface area contributed by atoms with E-state index in [0.29, 0.717) is 0 Å². The van der Waals surface area contributed by atoms with E-state index in [1.807, 2.05) is 0 Å². The molecule has 0 saturated carbocycles. The first-order valence-electron chi connectivity index (χ1n) is 4.42. The van der Waals surface area contributed by atoms with Crippen molar-refractivity contribution in [1.82, 2.24) is 4.90 Å². The Morgan fingerprint density at radius 1 is 1.75 bits per heavy atom. The minimum atomic E-state index is -0.267. The van der Waals surface area contributed by atoms with Gasteiger partial charge >= 0.3 is 0 Å². The number of nitrogens with zero attached hydrogens (tertiary/aromatic N) is 1. The molecule has 1 aliphatic heterocycles. The number of morpholine rings is 1. The molecular formula is C8H16INO2. The van der Waals surface area contributed by atoms with Gasteiger partial charge in [-0.15, -0.1) is 0 Å². The number of hydrogen-bond donors (Lipinski definition) is 1. The molecule has 72 valence electrons. The molecular weight excluding hydrogens is 269 g/mol. The fraction of sp³-hybridized carbons (Fsp3) is 1.00. The summed E-state index contributed by atoms with van der Waals surface area (Å²) in [6.45, 7) is 4.54. The molecule has 0 aliphatic carbocycles. The van der Waals surface area contributed by atoms with E-state index in [2.05, 4.69) is 34.4 Å². The number of aliphatic hydroxyl groups is 1. The molecule has 0 radical (unpaired) electrons. The van der Waals surface area contributed by atoms with Crippen molar-refractivity contribution >= 4 is 22.6 Å². The zero-order chi connectivity index (χ0) is 8.97. The second-order valence-corrected chi connectivity index (χ2v) is 4.43. The summed E-state index contributed by atoms with van der Waals surface area (Å²) in [5.74, 6) is 0. The van der Waals surface area contributed by atoms with Gasteiger partial charge in [0.25, 0.3) is 0 Å². The van der Waals surface area contributed by atoms with Crippen molar-refractivity contribution in [2.75, 3.05) is 19.7 Å². The molecule has 0 aromatic rings. The Morgan fingerprint density at radius 3 is 3.08 bits per heavy atom. The zero-order valence-electron chi connectivity index (χ0n) is 7.37. The van der Waals surface area contributed by atoms with Gasteiger partial charge in [-0.3, -0.25) is 4.90 Å². The summed E-state index contributed by atoms with van der Waals surface area (Å²) in [5.41, 5.74) is 0. The Bertz CT molecular complexity index is 134. The van der Waals surface area contributed by atoms with E-state index in [1.54, 1.807) is 0 Å². The summed E-state index contributed by atoms with van der Waals surface area (Å²) >= 11 is 2.26. The van der Waals surface area contributed by atoms with Crippen molar-refractivity contribution in [3.63, 3.8) is 0 Å². The van der Waals surface area contributed by atoms with Crippen LogP contribution in [-0.4, -0.2) is 40.0 Å². The van der Waals surface area contributed by atoms with Gasteiger partial charge in [0.2, 0.25) is 0 Å². The van der Waals surface area contributed by atoms with E-state index in [0.717, 1.165) is 32.5 Å². The van der Waals surface area contributed by atoms with Crippen LogP contribution in [0, 0.1) is 0 Å². The van der Waals surface area contributed by atoms with Gasteiger partial charge in [0, 0.05) is 13.1 Å². The molecule has 2 atom stereocenters. The van der Waals surface area contributed by atoms with Crippen LogP contribution in [0.1, 0.15) is 19.8 Å². The van der Waals surface area contributed by atoms with Crippen molar-refractivity contribution < 1.29 is 9.84 Å². The van der Waals surface area contributed by atoms with Gasteiger partial charge in [-0.25, -0.2) is 0 Å². The third-order valence-electron chi connectivity index (χ3n) is 2.02. The second-order valence-electron chi connectivity index (χ2n) is 3.05. The average Bonchev–Trinajstić information content (AvgIpc) is 2.05. The number of alkyl halides is 1. The van der Waals surface area contributed by atoms with Crippen molar-refractivity contribution in [3.05, 3.63) is 0 Å². The smallest absolute Gasteiger partial charge is 0.121 e. The first kappa shape index (κ1) is 10.7. The van der Waals surface area contributed by atoms with Gasteiger partial charge in [-0.05, 0) is 29.0 Å². The maximum atomic E-state index is 9.66. The molecule has 1 saturated heterocycles. The van der Waals surface area contributed by atoms with Gasteiger partial charge in [-0.1, -0.05) is 13.3 Å². The molecule has 1 aliphatic rings. The van der Waals surface area contributed by atoms with Crippen LogP contribution < -0.4 is 0 Å². The maximum absolute atomic E-state index is 9.66. The lowest BCUT2D eigenvalue weighted by Crippen LogP contribution is -2.45. The standard InChI is InChI=1S/C8H16INO2/c1-2-3-8(11)10-4-5-12-7(9)6-10/h7-8,11H,2-6H2,1H3.